The minimum atomic E-state index is -0.716. The van der Waals surface area contributed by atoms with Crippen LogP contribution in [0.25, 0.3) is 0 Å². The van der Waals surface area contributed by atoms with E-state index in [4.69, 9.17) is 4.74 Å². The number of carbonyl (C=O) groups is 1. The molecule has 2 atom stereocenters. The van der Waals surface area contributed by atoms with Crippen molar-refractivity contribution in [2.45, 2.75) is 25.6 Å². The number of hydrogen-bond donors (Lipinski definition) is 3. The highest BCUT2D eigenvalue weighted by Crippen LogP contribution is 2.15. The third-order valence-corrected chi connectivity index (χ3v) is 4.25. The van der Waals surface area contributed by atoms with Crippen LogP contribution in [0.4, 0.5) is 0 Å². The Balaban J connectivity index is 1.87. The van der Waals surface area contributed by atoms with Gasteiger partial charge in [-0.3, -0.25) is 4.68 Å². The second kappa shape index (κ2) is 9.85. The number of esters is 1. The maximum Gasteiger partial charge on any atom is 0.341 e. The number of nitrogens with zero attached hydrogens (tertiary/aromatic N) is 2. The highest BCUT2D eigenvalue weighted by molar-refractivity contribution is 14.1. The summed E-state index contributed by atoms with van der Waals surface area (Å²) in [5, 5.41) is 27.0. The Labute approximate surface area is 160 Å². The van der Waals surface area contributed by atoms with E-state index in [9.17, 15) is 15.0 Å². The highest BCUT2D eigenvalue weighted by atomic mass is 127. The van der Waals surface area contributed by atoms with E-state index in [1.165, 1.54) is 10.9 Å². The summed E-state index contributed by atoms with van der Waals surface area (Å²) in [5.41, 5.74) is 1.32. The van der Waals surface area contributed by atoms with E-state index in [0.717, 1.165) is 9.13 Å². The molecule has 1 heterocycles. The number of aromatic nitrogens is 2. The number of nitrogens with one attached hydrogen (secondary N) is 1. The molecule has 0 fully saturated rings. The van der Waals surface area contributed by atoms with Crippen molar-refractivity contribution in [3.63, 3.8) is 0 Å². The Hall–Kier alpha value is -1.49. The van der Waals surface area contributed by atoms with Crippen molar-refractivity contribution < 1.29 is 19.7 Å². The minimum Gasteiger partial charge on any atom is -0.462 e. The molecule has 1 aromatic carbocycles. The average Bonchev–Trinajstić information content (AvgIpc) is 3.04. The monoisotopic (exact) mass is 459 g/mol. The van der Waals surface area contributed by atoms with E-state index in [2.05, 4.69) is 33.0 Å². The molecule has 0 aliphatic heterocycles. The number of hydrogen-bond acceptors (Lipinski definition) is 6. The summed E-state index contributed by atoms with van der Waals surface area (Å²) < 4.78 is 7.48. The first-order valence-electron chi connectivity index (χ1n) is 8.00. The van der Waals surface area contributed by atoms with Crippen molar-refractivity contribution in [2.75, 3.05) is 19.8 Å². The largest absolute Gasteiger partial charge is 0.462 e. The van der Waals surface area contributed by atoms with Crippen LogP contribution >= 0.6 is 22.6 Å². The van der Waals surface area contributed by atoms with E-state index in [-0.39, 0.29) is 25.7 Å². The van der Waals surface area contributed by atoms with Crippen LogP contribution in [0.15, 0.2) is 36.7 Å². The average molecular weight is 459 g/mol. The number of rotatable bonds is 9. The summed E-state index contributed by atoms with van der Waals surface area (Å²) >= 11 is 2.22. The number of halogens is 1. The van der Waals surface area contributed by atoms with Gasteiger partial charge in [-0.25, -0.2) is 4.79 Å². The SMILES string of the molecule is CCOC(=O)c1cnn(CC(O)CNC(CO)c2cccc(I)c2)c1. The first-order valence-corrected chi connectivity index (χ1v) is 9.08. The van der Waals surface area contributed by atoms with Crippen LogP contribution in [0.3, 0.4) is 0 Å². The van der Waals surface area contributed by atoms with E-state index in [0.29, 0.717) is 12.2 Å². The van der Waals surface area contributed by atoms with E-state index < -0.39 is 12.1 Å². The van der Waals surface area contributed by atoms with Crippen molar-refractivity contribution in [1.29, 1.82) is 0 Å². The molecule has 2 rings (SSSR count). The molecule has 3 N–H and O–H groups in total. The molecule has 2 aromatic rings. The van der Waals surface area contributed by atoms with Gasteiger partial charge in [-0.05, 0) is 47.2 Å². The first kappa shape index (κ1) is 19.8. The molecule has 8 heteroatoms. The lowest BCUT2D eigenvalue weighted by Gasteiger charge is -2.19. The molecule has 25 heavy (non-hydrogen) atoms. The molecule has 0 saturated heterocycles. The van der Waals surface area contributed by atoms with E-state index >= 15 is 0 Å². The molecule has 0 amide bonds. The molecule has 0 bridgehead atoms. The van der Waals surface area contributed by atoms with Gasteiger partial charge < -0.3 is 20.3 Å². The van der Waals surface area contributed by atoms with Gasteiger partial charge in [0.05, 0.1) is 43.7 Å². The Morgan fingerprint density at radius 1 is 1.48 bits per heavy atom. The smallest absolute Gasteiger partial charge is 0.341 e. The fraction of sp³-hybridized carbons (Fsp3) is 0.412. The van der Waals surface area contributed by atoms with Gasteiger partial charge in [0.25, 0.3) is 0 Å². The zero-order valence-electron chi connectivity index (χ0n) is 13.9. The van der Waals surface area contributed by atoms with Gasteiger partial charge >= 0.3 is 5.97 Å². The molecule has 0 aliphatic rings. The molecule has 0 radical (unpaired) electrons. The number of benzene rings is 1. The zero-order chi connectivity index (χ0) is 18.2. The first-order chi connectivity index (χ1) is 12.0. The Morgan fingerprint density at radius 3 is 2.96 bits per heavy atom. The Morgan fingerprint density at radius 2 is 2.28 bits per heavy atom. The van der Waals surface area contributed by atoms with Crippen LogP contribution in [-0.2, 0) is 11.3 Å². The maximum absolute atomic E-state index is 11.6. The van der Waals surface area contributed by atoms with Gasteiger partial charge in [-0.15, -0.1) is 0 Å². The van der Waals surface area contributed by atoms with Crippen molar-refractivity contribution in [1.82, 2.24) is 15.1 Å². The summed E-state index contributed by atoms with van der Waals surface area (Å²) in [6.45, 7) is 2.49. The maximum atomic E-state index is 11.6. The third kappa shape index (κ3) is 6.07. The van der Waals surface area contributed by atoms with Crippen molar-refractivity contribution >= 4 is 28.6 Å². The van der Waals surface area contributed by atoms with Crippen LogP contribution in [-0.4, -0.2) is 51.8 Å². The quantitative estimate of drug-likeness (QED) is 0.387. The lowest BCUT2D eigenvalue weighted by Crippen LogP contribution is -2.34. The number of aliphatic hydroxyl groups is 2. The van der Waals surface area contributed by atoms with Crippen LogP contribution in [0, 0.1) is 3.57 Å². The standard InChI is InChI=1S/C17H22IN3O4/c1-2-25-17(24)13-7-20-21(9-13)10-15(23)8-19-16(11-22)12-4-3-5-14(18)6-12/h3-7,9,15-16,19,22-23H,2,8,10-11H2,1H3. The van der Waals surface area contributed by atoms with Crippen LogP contribution in [0.2, 0.25) is 0 Å². The highest BCUT2D eigenvalue weighted by Gasteiger charge is 2.15. The molecule has 1 aromatic heterocycles. The second-order valence-corrected chi connectivity index (χ2v) is 6.77. The molecular weight excluding hydrogens is 437 g/mol. The van der Waals surface area contributed by atoms with Gasteiger partial charge in [0.2, 0.25) is 0 Å². The van der Waals surface area contributed by atoms with Gasteiger partial charge in [-0.2, -0.15) is 5.10 Å². The van der Waals surface area contributed by atoms with Gasteiger partial charge in [0.15, 0.2) is 0 Å². The predicted octanol–water partition coefficient (Wildman–Crippen LogP) is 1.35. The normalized spacial score (nSPS) is 13.4. The van der Waals surface area contributed by atoms with Crippen LogP contribution in [0.1, 0.15) is 28.9 Å². The summed E-state index contributed by atoms with van der Waals surface area (Å²) in [4.78, 5) is 11.6. The number of aliphatic hydroxyl groups excluding tert-OH is 2. The lowest BCUT2D eigenvalue weighted by molar-refractivity contribution is 0.0526. The number of carbonyl (C=O) groups excluding carboxylic acids is 1. The lowest BCUT2D eigenvalue weighted by atomic mass is 10.1. The fourth-order valence-electron chi connectivity index (χ4n) is 2.35. The van der Waals surface area contributed by atoms with E-state index in [1.807, 2.05) is 24.3 Å². The third-order valence-electron chi connectivity index (χ3n) is 3.58. The van der Waals surface area contributed by atoms with Gasteiger partial charge in [-0.1, -0.05) is 12.1 Å². The Bertz CT molecular complexity index is 692. The van der Waals surface area contributed by atoms with Gasteiger partial charge in [0, 0.05) is 16.3 Å². The van der Waals surface area contributed by atoms with Crippen molar-refractivity contribution in [3.05, 3.63) is 51.4 Å². The molecule has 0 aliphatic carbocycles. The molecular formula is C17H22IN3O4. The summed E-state index contributed by atoms with van der Waals surface area (Å²) in [6.07, 6.45) is 2.25. The molecule has 0 spiro atoms. The summed E-state index contributed by atoms with van der Waals surface area (Å²) in [5.74, 6) is -0.430. The predicted molar refractivity (Wildman–Crippen MR) is 101 cm³/mol. The number of ether oxygens (including phenoxy) is 1. The second-order valence-electron chi connectivity index (χ2n) is 5.52. The van der Waals surface area contributed by atoms with Crippen LogP contribution < -0.4 is 5.32 Å². The fourth-order valence-corrected chi connectivity index (χ4v) is 2.92. The molecule has 136 valence electrons. The van der Waals surface area contributed by atoms with Crippen molar-refractivity contribution in [3.8, 4) is 0 Å². The summed E-state index contributed by atoms with van der Waals surface area (Å²) in [7, 11) is 0. The van der Waals surface area contributed by atoms with Crippen LogP contribution in [0.5, 0.6) is 0 Å². The topological polar surface area (TPSA) is 96.6 Å². The molecule has 0 saturated carbocycles. The van der Waals surface area contributed by atoms with Gasteiger partial charge in [0.1, 0.15) is 0 Å². The molecule has 7 nitrogen and oxygen atoms in total. The Kier molecular flexibility index (Phi) is 7.82. The van der Waals surface area contributed by atoms with E-state index in [1.54, 1.807) is 13.1 Å². The minimum absolute atomic E-state index is 0.0679. The molecule has 2 unspecified atom stereocenters. The van der Waals surface area contributed by atoms with Crippen molar-refractivity contribution in [2.24, 2.45) is 0 Å². The zero-order valence-corrected chi connectivity index (χ0v) is 16.1. The summed E-state index contributed by atoms with van der Waals surface area (Å²) in [6, 6.07) is 7.57.